The van der Waals surface area contributed by atoms with Crippen molar-refractivity contribution in [1.82, 2.24) is 4.90 Å². The lowest BCUT2D eigenvalue weighted by atomic mass is 10.1. The molecule has 0 aromatic heterocycles. The second-order valence-corrected chi connectivity index (χ2v) is 4.60. The minimum Gasteiger partial charge on any atom is -0.463 e. The molecule has 0 saturated heterocycles. The minimum atomic E-state index is -0.377. The Morgan fingerprint density at radius 1 is 1.19 bits per heavy atom. The number of amides is 2. The second kappa shape index (κ2) is 6.83. The van der Waals surface area contributed by atoms with Gasteiger partial charge in [-0.2, -0.15) is 0 Å². The van der Waals surface area contributed by atoms with E-state index in [1.54, 1.807) is 37.3 Å². The smallest absolute Gasteiger partial charge is 0.330 e. The fraction of sp³-hybridized carbons (Fsp3) is 0.312. The average molecular weight is 287 g/mol. The number of imide groups is 1. The van der Waals surface area contributed by atoms with Gasteiger partial charge in [-0.3, -0.25) is 14.5 Å². The number of nitrogens with zero attached hydrogens (tertiary/aromatic N) is 1. The summed E-state index contributed by atoms with van der Waals surface area (Å²) >= 11 is 0. The van der Waals surface area contributed by atoms with Gasteiger partial charge in [-0.1, -0.05) is 18.2 Å². The molecule has 0 atom stereocenters. The van der Waals surface area contributed by atoms with Gasteiger partial charge in [0, 0.05) is 12.6 Å². The number of unbranched alkanes of at least 4 members (excludes halogenated alkanes) is 1. The normalized spacial score (nSPS) is 13.9. The van der Waals surface area contributed by atoms with E-state index in [4.69, 9.17) is 4.74 Å². The molecule has 1 heterocycles. The monoisotopic (exact) mass is 287 g/mol. The summed E-state index contributed by atoms with van der Waals surface area (Å²) in [4.78, 5) is 36.5. The lowest BCUT2D eigenvalue weighted by molar-refractivity contribution is -0.137. The molecule has 110 valence electrons. The zero-order valence-corrected chi connectivity index (χ0v) is 11.9. The Morgan fingerprint density at radius 3 is 2.38 bits per heavy atom. The molecule has 2 rings (SSSR count). The lowest BCUT2D eigenvalue weighted by Crippen LogP contribution is -2.30. The van der Waals surface area contributed by atoms with Crippen molar-refractivity contribution in [1.29, 1.82) is 0 Å². The molecule has 0 aliphatic carbocycles. The minimum absolute atomic E-state index is 0.245. The van der Waals surface area contributed by atoms with Crippen LogP contribution in [-0.2, 0) is 9.53 Å². The van der Waals surface area contributed by atoms with Crippen LogP contribution in [0.25, 0.3) is 0 Å². The molecule has 0 bridgehead atoms. The van der Waals surface area contributed by atoms with Crippen molar-refractivity contribution in [2.75, 3.05) is 13.2 Å². The van der Waals surface area contributed by atoms with Crippen molar-refractivity contribution in [2.24, 2.45) is 0 Å². The number of carbonyl (C=O) groups is 3. The number of rotatable bonds is 6. The predicted molar refractivity (Wildman–Crippen MR) is 76.8 cm³/mol. The van der Waals surface area contributed by atoms with Gasteiger partial charge >= 0.3 is 5.97 Å². The quantitative estimate of drug-likeness (QED) is 0.348. The van der Waals surface area contributed by atoms with E-state index in [1.165, 1.54) is 11.0 Å². The van der Waals surface area contributed by atoms with E-state index in [0.29, 0.717) is 37.1 Å². The summed E-state index contributed by atoms with van der Waals surface area (Å²) in [6.45, 7) is 2.44. The van der Waals surface area contributed by atoms with Crippen molar-refractivity contribution < 1.29 is 19.1 Å². The van der Waals surface area contributed by atoms with Crippen LogP contribution in [0.1, 0.15) is 40.5 Å². The van der Waals surface area contributed by atoms with Gasteiger partial charge in [-0.25, -0.2) is 4.79 Å². The zero-order valence-electron chi connectivity index (χ0n) is 11.9. The second-order valence-electron chi connectivity index (χ2n) is 4.60. The van der Waals surface area contributed by atoms with E-state index in [1.807, 2.05) is 0 Å². The van der Waals surface area contributed by atoms with Gasteiger partial charge < -0.3 is 4.74 Å². The molecule has 1 aromatic carbocycles. The fourth-order valence-electron chi connectivity index (χ4n) is 2.18. The Bertz CT molecular complexity index is 557. The first-order valence-electron chi connectivity index (χ1n) is 6.93. The zero-order chi connectivity index (χ0) is 15.2. The van der Waals surface area contributed by atoms with Crippen LogP contribution in [-0.4, -0.2) is 35.8 Å². The van der Waals surface area contributed by atoms with Crippen molar-refractivity contribution >= 4 is 17.8 Å². The van der Waals surface area contributed by atoms with Crippen LogP contribution < -0.4 is 0 Å². The van der Waals surface area contributed by atoms with Gasteiger partial charge in [0.1, 0.15) is 0 Å². The summed E-state index contributed by atoms with van der Waals surface area (Å²) < 4.78 is 4.75. The number of hydrogen-bond acceptors (Lipinski definition) is 4. The van der Waals surface area contributed by atoms with E-state index < -0.39 is 0 Å². The molecule has 1 aromatic rings. The molecule has 21 heavy (non-hydrogen) atoms. The van der Waals surface area contributed by atoms with Crippen LogP contribution in [0.3, 0.4) is 0 Å². The molecular weight excluding hydrogens is 270 g/mol. The third-order valence-corrected chi connectivity index (χ3v) is 3.17. The summed E-state index contributed by atoms with van der Waals surface area (Å²) in [7, 11) is 0. The standard InChI is InChI=1S/C16H17NO4/c1-2-21-14(18)10-4-3-7-11-17-15(19)12-8-5-6-9-13(12)16(17)20/h4-6,8-10H,2-3,7,11H2,1H3/b10-4+. The molecule has 1 aliphatic rings. The average Bonchev–Trinajstić information content (AvgIpc) is 2.72. The predicted octanol–water partition coefficient (Wildman–Crippen LogP) is 2.18. The maximum atomic E-state index is 12.1. The fourth-order valence-corrected chi connectivity index (χ4v) is 2.18. The molecule has 2 amide bonds. The van der Waals surface area contributed by atoms with E-state index in [2.05, 4.69) is 0 Å². The van der Waals surface area contributed by atoms with Gasteiger partial charge in [-0.15, -0.1) is 0 Å². The van der Waals surface area contributed by atoms with Crippen molar-refractivity contribution in [3.05, 3.63) is 47.5 Å². The molecule has 5 nitrogen and oxygen atoms in total. The van der Waals surface area contributed by atoms with Crippen LogP contribution in [0, 0.1) is 0 Å². The summed E-state index contributed by atoms with van der Waals surface area (Å²) in [5.41, 5.74) is 0.925. The highest BCUT2D eigenvalue weighted by Gasteiger charge is 2.34. The van der Waals surface area contributed by atoms with Gasteiger partial charge in [0.15, 0.2) is 0 Å². The molecule has 0 N–H and O–H groups in total. The first-order chi connectivity index (χ1) is 10.1. The van der Waals surface area contributed by atoms with E-state index in [0.717, 1.165) is 0 Å². The van der Waals surface area contributed by atoms with Crippen LogP contribution >= 0.6 is 0 Å². The molecular formula is C16H17NO4. The Kier molecular flexibility index (Phi) is 4.87. The SMILES string of the molecule is CCOC(=O)/C=C/CCCN1C(=O)c2ccccc2C1=O. The lowest BCUT2D eigenvalue weighted by Gasteiger charge is -2.12. The van der Waals surface area contributed by atoms with Gasteiger partial charge in [0.2, 0.25) is 0 Å². The van der Waals surface area contributed by atoms with E-state index >= 15 is 0 Å². The van der Waals surface area contributed by atoms with Crippen molar-refractivity contribution in [2.45, 2.75) is 19.8 Å². The van der Waals surface area contributed by atoms with Gasteiger partial charge in [-0.05, 0) is 31.9 Å². The summed E-state index contributed by atoms with van der Waals surface area (Å²) in [6, 6.07) is 6.82. The Hall–Kier alpha value is -2.43. The van der Waals surface area contributed by atoms with Gasteiger partial charge in [0.25, 0.3) is 11.8 Å². The maximum absolute atomic E-state index is 12.1. The largest absolute Gasteiger partial charge is 0.463 e. The molecule has 0 radical (unpaired) electrons. The molecule has 0 unspecified atom stereocenters. The third kappa shape index (κ3) is 3.37. The summed E-state index contributed by atoms with van der Waals surface area (Å²) in [6.07, 6.45) is 4.27. The molecule has 0 spiro atoms. The van der Waals surface area contributed by atoms with Crippen LogP contribution in [0.15, 0.2) is 36.4 Å². The summed E-state index contributed by atoms with van der Waals surface area (Å²) in [5, 5.41) is 0. The number of hydrogen-bond donors (Lipinski definition) is 0. The number of ether oxygens (including phenoxy) is 1. The third-order valence-electron chi connectivity index (χ3n) is 3.17. The number of allylic oxidation sites excluding steroid dienone is 1. The molecule has 0 saturated carbocycles. The molecule has 1 aliphatic heterocycles. The maximum Gasteiger partial charge on any atom is 0.330 e. The van der Waals surface area contributed by atoms with Crippen molar-refractivity contribution in [3.63, 3.8) is 0 Å². The van der Waals surface area contributed by atoms with Gasteiger partial charge in [0.05, 0.1) is 17.7 Å². The Morgan fingerprint density at radius 2 is 1.81 bits per heavy atom. The number of carbonyl (C=O) groups excluding carboxylic acids is 3. The summed E-state index contributed by atoms with van der Waals surface area (Å²) in [5.74, 6) is -0.867. The molecule has 5 heteroatoms. The highest BCUT2D eigenvalue weighted by molar-refractivity contribution is 6.21. The molecule has 0 fully saturated rings. The van der Waals surface area contributed by atoms with Crippen molar-refractivity contribution in [3.8, 4) is 0 Å². The Balaban J connectivity index is 1.84. The topological polar surface area (TPSA) is 63.7 Å². The highest BCUT2D eigenvalue weighted by atomic mass is 16.5. The first-order valence-corrected chi connectivity index (χ1v) is 6.93. The van der Waals surface area contributed by atoms with E-state index in [-0.39, 0.29) is 17.8 Å². The highest BCUT2D eigenvalue weighted by Crippen LogP contribution is 2.22. The van der Waals surface area contributed by atoms with Crippen LogP contribution in [0.2, 0.25) is 0 Å². The van der Waals surface area contributed by atoms with Crippen LogP contribution in [0.5, 0.6) is 0 Å². The number of benzene rings is 1. The number of fused-ring (bicyclic) bond motifs is 1. The van der Waals surface area contributed by atoms with E-state index in [9.17, 15) is 14.4 Å². The number of esters is 1. The Labute approximate surface area is 123 Å². The first kappa shape index (κ1) is 15.0. The van der Waals surface area contributed by atoms with Crippen LogP contribution in [0.4, 0.5) is 0 Å².